The van der Waals surface area contributed by atoms with Crippen molar-refractivity contribution >= 4 is 0 Å². The van der Waals surface area contributed by atoms with Crippen molar-refractivity contribution in [3.63, 3.8) is 0 Å². The predicted octanol–water partition coefficient (Wildman–Crippen LogP) is 2.20. The highest BCUT2D eigenvalue weighted by Gasteiger charge is 2.67. The van der Waals surface area contributed by atoms with Gasteiger partial charge in [0.25, 0.3) is 0 Å². The molecular formula is C13H20O3. The molecule has 2 heterocycles. The van der Waals surface area contributed by atoms with Gasteiger partial charge in [-0.25, -0.2) is 9.78 Å². The maximum Gasteiger partial charge on any atom is 0.135 e. The van der Waals surface area contributed by atoms with E-state index in [9.17, 15) is 5.11 Å². The summed E-state index contributed by atoms with van der Waals surface area (Å²) in [4.78, 5) is 11.1. The zero-order valence-electron chi connectivity index (χ0n) is 10.2. The van der Waals surface area contributed by atoms with E-state index in [0.29, 0.717) is 0 Å². The van der Waals surface area contributed by atoms with Crippen LogP contribution >= 0.6 is 0 Å². The first kappa shape index (κ1) is 10.8. The summed E-state index contributed by atoms with van der Waals surface area (Å²) in [5.74, 6) is 0. The van der Waals surface area contributed by atoms with Crippen LogP contribution in [0.3, 0.4) is 0 Å². The minimum Gasteiger partial charge on any atom is -0.392 e. The molecule has 4 atom stereocenters. The number of fused-ring (bicyclic) bond motifs is 1. The molecule has 0 aromatic carbocycles. The molecule has 3 unspecified atom stereocenters. The van der Waals surface area contributed by atoms with Crippen LogP contribution in [0.1, 0.15) is 40.0 Å². The van der Waals surface area contributed by atoms with Crippen LogP contribution in [0.2, 0.25) is 0 Å². The van der Waals surface area contributed by atoms with E-state index in [4.69, 9.17) is 9.78 Å². The van der Waals surface area contributed by atoms with Gasteiger partial charge in [0.2, 0.25) is 0 Å². The van der Waals surface area contributed by atoms with Gasteiger partial charge in [0.1, 0.15) is 11.7 Å². The molecule has 0 aromatic rings. The van der Waals surface area contributed by atoms with Crippen molar-refractivity contribution in [1.82, 2.24) is 0 Å². The number of aliphatic hydroxyl groups is 1. The van der Waals surface area contributed by atoms with Gasteiger partial charge < -0.3 is 5.11 Å². The lowest BCUT2D eigenvalue weighted by Gasteiger charge is -2.63. The molecule has 2 aliphatic heterocycles. The Kier molecular flexibility index (Phi) is 1.94. The molecule has 90 valence electrons. The summed E-state index contributed by atoms with van der Waals surface area (Å²) < 4.78 is 0. The highest BCUT2D eigenvalue weighted by atomic mass is 17.2. The van der Waals surface area contributed by atoms with Gasteiger partial charge in [-0.3, -0.25) is 0 Å². The fraction of sp³-hybridized carbons (Fsp3) is 0.846. The van der Waals surface area contributed by atoms with Gasteiger partial charge in [0, 0.05) is 10.8 Å². The first-order valence-corrected chi connectivity index (χ1v) is 6.13. The second-order valence-electron chi connectivity index (χ2n) is 6.35. The van der Waals surface area contributed by atoms with Gasteiger partial charge in [-0.15, -0.1) is 0 Å². The van der Waals surface area contributed by atoms with E-state index in [-0.39, 0.29) is 23.0 Å². The summed E-state index contributed by atoms with van der Waals surface area (Å²) in [5, 5.41) is 10.2. The Morgan fingerprint density at radius 3 is 2.69 bits per heavy atom. The molecule has 1 N–H and O–H groups in total. The third kappa shape index (κ3) is 0.998. The maximum absolute atomic E-state index is 10.2. The van der Waals surface area contributed by atoms with Crippen molar-refractivity contribution in [3.8, 4) is 0 Å². The van der Waals surface area contributed by atoms with Crippen molar-refractivity contribution in [2.24, 2.45) is 10.8 Å². The first-order valence-electron chi connectivity index (χ1n) is 6.13. The van der Waals surface area contributed by atoms with Crippen molar-refractivity contribution in [2.45, 2.75) is 57.8 Å². The molecule has 0 amide bonds. The van der Waals surface area contributed by atoms with E-state index in [0.717, 1.165) is 19.3 Å². The zero-order chi connectivity index (χ0) is 11.6. The molecule has 0 radical (unpaired) electrons. The SMILES string of the molecule is CC12CCC(O)C(C)(C)[C@@]13C=CC(C2)OO3. The minimum atomic E-state index is -0.466. The van der Waals surface area contributed by atoms with Crippen LogP contribution in [0.5, 0.6) is 0 Å². The number of aliphatic hydroxyl groups excluding tert-OH is 1. The zero-order valence-corrected chi connectivity index (χ0v) is 10.2. The second kappa shape index (κ2) is 2.89. The smallest absolute Gasteiger partial charge is 0.135 e. The van der Waals surface area contributed by atoms with Crippen molar-refractivity contribution < 1.29 is 14.9 Å². The molecule has 2 bridgehead atoms. The topological polar surface area (TPSA) is 38.7 Å². The third-order valence-electron chi connectivity index (χ3n) is 5.16. The van der Waals surface area contributed by atoms with Gasteiger partial charge in [-0.05, 0) is 25.3 Å². The molecule has 2 aliphatic carbocycles. The van der Waals surface area contributed by atoms with Gasteiger partial charge in [0.05, 0.1) is 6.10 Å². The lowest BCUT2D eigenvalue weighted by atomic mass is 9.49. The summed E-state index contributed by atoms with van der Waals surface area (Å²) in [6, 6.07) is 0. The normalized spacial score (nSPS) is 53.8. The fourth-order valence-corrected chi connectivity index (χ4v) is 3.89. The quantitative estimate of drug-likeness (QED) is 0.506. The monoisotopic (exact) mass is 224 g/mol. The highest BCUT2D eigenvalue weighted by molar-refractivity contribution is 5.27. The Hall–Kier alpha value is -0.380. The van der Waals surface area contributed by atoms with E-state index in [1.54, 1.807) is 0 Å². The van der Waals surface area contributed by atoms with Crippen molar-refractivity contribution in [2.75, 3.05) is 0 Å². The van der Waals surface area contributed by atoms with Gasteiger partial charge >= 0.3 is 0 Å². The molecule has 0 aromatic heterocycles. The molecule has 3 nitrogen and oxygen atoms in total. The maximum atomic E-state index is 10.2. The summed E-state index contributed by atoms with van der Waals surface area (Å²) in [5.41, 5.74) is -0.679. The average Bonchev–Trinajstić information content (AvgIpc) is 2.25. The molecule has 16 heavy (non-hydrogen) atoms. The largest absolute Gasteiger partial charge is 0.392 e. The average molecular weight is 224 g/mol. The highest BCUT2D eigenvalue weighted by Crippen LogP contribution is 2.62. The molecule has 4 aliphatic rings. The van der Waals surface area contributed by atoms with Crippen LogP contribution < -0.4 is 0 Å². The Balaban J connectivity index is 2.15. The second-order valence-corrected chi connectivity index (χ2v) is 6.35. The number of hydrogen-bond donors (Lipinski definition) is 1. The van der Waals surface area contributed by atoms with Crippen LogP contribution in [0, 0.1) is 10.8 Å². The minimum absolute atomic E-state index is 0.0907. The standard InChI is InChI=1S/C13H20O3/c1-11(2)10(14)5-6-12(3)8-9-4-7-13(11,12)16-15-9/h4,7,9-10,14H,5-6,8H2,1-3H3/t9?,10?,12?,13-/m0/s1. The summed E-state index contributed by atoms with van der Waals surface area (Å²) >= 11 is 0. The Labute approximate surface area is 96.4 Å². The lowest BCUT2D eigenvalue weighted by Crippen LogP contribution is -2.68. The lowest BCUT2D eigenvalue weighted by molar-refractivity contribution is -0.459. The molecule has 1 saturated carbocycles. The molecule has 1 saturated heterocycles. The summed E-state index contributed by atoms with van der Waals surface area (Å²) in [7, 11) is 0. The number of hydrogen-bond acceptors (Lipinski definition) is 3. The van der Waals surface area contributed by atoms with Crippen LogP contribution in [0.4, 0.5) is 0 Å². The van der Waals surface area contributed by atoms with Crippen molar-refractivity contribution in [3.05, 3.63) is 12.2 Å². The molecule has 3 heteroatoms. The van der Waals surface area contributed by atoms with Crippen LogP contribution in [0.25, 0.3) is 0 Å². The molecule has 1 spiro atoms. The summed E-state index contributed by atoms with van der Waals surface area (Å²) in [6.07, 6.45) is 6.84. The van der Waals surface area contributed by atoms with Gasteiger partial charge in [-0.2, -0.15) is 0 Å². The van der Waals surface area contributed by atoms with E-state index in [1.807, 2.05) is 0 Å². The van der Waals surface area contributed by atoms with E-state index < -0.39 is 5.60 Å². The van der Waals surface area contributed by atoms with Crippen LogP contribution in [-0.4, -0.2) is 22.9 Å². The Morgan fingerprint density at radius 1 is 1.31 bits per heavy atom. The van der Waals surface area contributed by atoms with E-state index >= 15 is 0 Å². The first-order chi connectivity index (χ1) is 7.41. The summed E-state index contributed by atoms with van der Waals surface area (Å²) in [6.45, 7) is 6.42. The van der Waals surface area contributed by atoms with Gasteiger partial charge in [0.15, 0.2) is 0 Å². The van der Waals surface area contributed by atoms with E-state index in [2.05, 4.69) is 32.9 Å². The Morgan fingerprint density at radius 2 is 2.06 bits per heavy atom. The van der Waals surface area contributed by atoms with Crippen molar-refractivity contribution in [1.29, 1.82) is 0 Å². The Bertz CT molecular complexity index is 349. The number of rotatable bonds is 0. The van der Waals surface area contributed by atoms with Crippen LogP contribution in [0.15, 0.2) is 12.2 Å². The van der Waals surface area contributed by atoms with Crippen LogP contribution in [-0.2, 0) is 9.78 Å². The fourth-order valence-electron chi connectivity index (χ4n) is 3.89. The molecule has 2 fully saturated rings. The molecular weight excluding hydrogens is 204 g/mol. The van der Waals surface area contributed by atoms with E-state index in [1.165, 1.54) is 0 Å². The predicted molar refractivity (Wildman–Crippen MR) is 59.6 cm³/mol. The molecule has 4 rings (SSSR count). The third-order valence-corrected chi connectivity index (χ3v) is 5.16. The van der Waals surface area contributed by atoms with Gasteiger partial charge in [-0.1, -0.05) is 26.8 Å².